The lowest BCUT2D eigenvalue weighted by atomic mass is 10.1. The Morgan fingerprint density at radius 1 is 1.50 bits per heavy atom. The van der Waals surface area contributed by atoms with Gasteiger partial charge in [0.05, 0.1) is 17.9 Å². The number of allylic oxidation sites excluding steroid dienone is 1. The third-order valence-corrected chi connectivity index (χ3v) is 3.82. The topological polar surface area (TPSA) is 49.0 Å². The van der Waals surface area contributed by atoms with E-state index in [1.165, 1.54) is 12.0 Å². The molecule has 0 saturated heterocycles. The molecule has 0 atom stereocenters. The first kappa shape index (κ1) is 11.5. The largest absolute Gasteiger partial charge is 0.344 e. The Balaban J connectivity index is 1.66. The van der Waals surface area contributed by atoms with E-state index in [9.17, 15) is 4.79 Å². The van der Waals surface area contributed by atoms with Gasteiger partial charge in [0.2, 0.25) is 5.91 Å². The molecule has 1 amide bonds. The van der Waals surface area contributed by atoms with Crippen molar-refractivity contribution in [3.63, 3.8) is 0 Å². The van der Waals surface area contributed by atoms with E-state index in [-0.39, 0.29) is 5.91 Å². The first-order valence-electron chi connectivity index (χ1n) is 6.72. The van der Waals surface area contributed by atoms with Crippen LogP contribution in [0.5, 0.6) is 0 Å². The monoisotopic (exact) mass is 245 g/mol. The number of aryl methyl sites for hydroxylation is 1. The van der Waals surface area contributed by atoms with E-state index in [1.54, 1.807) is 0 Å². The van der Waals surface area contributed by atoms with E-state index < -0.39 is 0 Å². The van der Waals surface area contributed by atoms with Crippen LogP contribution in [0.25, 0.3) is 0 Å². The SMILES string of the molecule is Cc1nc2c([nH]1)CN(C(=O)CC1=CCCC1)CC2. The highest BCUT2D eigenvalue weighted by Crippen LogP contribution is 2.23. The smallest absolute Gasteiger partial charge is 0.227 e. The molecule has 4 nitrogen and oxygen atoms in total. The number of rotatable bonds is 2. The number of hydrogen-bond acceptors (Lipinski definition) is 2. The fraction of sp³-hybridized carbons (Fsp3) is 0.571. The Bertz CT molecular complexity index is 501. The van der Waals surface area contributed by atoms with Gasteiger partial charge in [-0.05, 0) is 26.2 Å². The number of carbonyl (C=O) groups is 1. The Morgan fingerprint density at radius 2 is 2.39 bits per heavy atom. The predicted octanol–water partition coefficient (Wildman–Crippen LogP) is 2.10. The molecule has 1 aromatic rings. The van der Waals surface area contributed by atoms with E-state index in [1.807, 2.05) is 11.8 Å². The zero-order valence-corrected chi connectivity index (χ0v) is 10.8. The molecule has 4 heteroatoms. The molecule has 18 heavy (non-hydrogen) atoms. The predicted molar refractivity (Wildman–Crippen MR) is 69.0 cm³/mol. The lowest BCUT2D eigenvalue weighted by Gasteiger charge is -2.26. The van der Waals surface area contributed by atoms with E-state index in [0.29, 0.717) is 13.0 Å². The summed E-state index contributed by atoms with van der Waals surface area (Å²) >= 11 is 0. The third-order valence-electron chi connectivity index (χ3n) is 3.82. The molecule has 0 saturated carbocycles. The molecule has 2 heterocycles. The Labute approximate surface area is 107 Å². The number of fused-ring (bicyclic) bond motifs is 1. The highest BCUT2D eigenvalue weighted by Gasteiger charge is 2.23. The molecular formula is C14H19N3O. The number of amides is 1. The van der Waals surface area contributed by atoms with E-state index in [2.05, 4.69) is 16.0 Å². The Hall–Kier alpha value is -1.58. The first-order valence-corrected chi connectivity index (χ1v) is 6.72. The van der Waals surface area contributed by atoms with Crippen molar-refractivity contribution in [1.82, 2.24) is 14.9 Å². The second-order valence-corrected chi connectivity index (χ2v) is 5.24. The van der Waals surface area contributed by atoms with Crippen LogP contribution in [0.2, 0.25) is 0 Å². The molecule has 3 rings (SSSR count). The van der Waals surface area contributed by atoms with Crippen LogP contribution in [0.3, 0.4) is 0 Å². The number of imidazole rings is 1. The minimum absolute atomic E-state index is 0.265. The summed E-state index contributed by atoms with van der Waals surface area (Å²) < 4.78 is 0. The second kappa shape index (κ2) is 4.59. The molecule has 0 fully saturated rings. The summed E-state index contributed by atoms with van der Waals surface area (Å²) in [5.41, 5.74) is 3.58. The van der Waals surface area contributed by atoms with E-state index in [4.69, 9.17) is 0 Å². The lowest BCUT2D eigenvalue weighted by Crippen LogP contribution is -2.36. The van der Waals surface area contributed by atoms with Crippen molar-refractivity contribution in [1.29, 1.82) is 0 Å². The average molecular weight is 245 g/mol. The van der Waals surface area contributed by atoms with Crippen molar-refractivity contribution >= 4 is 5.91 Å². The molecule has 1 N–H and O–H groups in total. The van der Waals surface area contributed by atoms with Crippen LogP contribution in [0, 0.1) is 6.92 Å². The van der Waals surface area contributed by atoms with Gasteiger partial charge in [-0.15, -0.1) is 0 Å². The third kappa shape index (κ3) is 2.19. The molecule has 96 valence electrons. The minimum Gasteiger partial charge on any atom is -0.344 e. The van der Waals surface area contributed by atoms with Gasteiger partial charge in [0.25, 0.3) is 0 Å². The maximum Gasteiger partial charge on any atom is 0.227 e. The molecule has 1 aliphatic carbocycles. The number of carbonyl (C=O) groups excluding carboxylic acids is 1. The van der Waals surface area contributed by atoms with Crippen molar-refractivity contribution in [3.05, 3.63) is 28.9 Å². The summed E-state index contributed by atoms with van der Waals surface area (Å²) in [5, 5.41) is 0. The maximum absolute atomic E-state index is 12.2. The number of nitrogens with one attached hydrogen (secondary N) is 1. The summed E-state index contributed by atoms with van der Waals surface area (Å²) in [6, 6.07) is 0. The van der Waals surface area contributed by atoms with Gasteiger partial charge in [0.15, 0.2) is 0 Å². The Morgan fingerprint density at radius 3 is 3.17 bits per heavy atom. The molecule has 0 unspecified atom stereocenters. The van der Waals surface area contributed by atoms with Gasteiger partial charge in [0.1, 0.15) is 5.82 Å². The maximum atomic E-state index is 12.2. The van der Waals surface area contributed by atoms with E-state index >= 15 is 0 Å². The first-order chi connectivity index (χ1) is 8.72. The van der Waals surface area contributed by atoms with Crippen LogP contribution in [0.1, 0.15) is 42.9 Å². The van der Waals surface area contributed by atoms with Crippen LogP contribution < -0.4 is 0 Å². The average Bonchev–Trinajstić information content (AvgIpc) is 2.95. The van der Waals surface area contributed by atoms with Crippen LogP contribution in [-0.2, 0) is 17.8 Å². The highest BCUT2D eigenvalue weighted by atomic mass is 16.2. The standard InChI is InChI=1S/C14H19N3O/c1-10-15-12-6-7-17(9-13(12)16-10)14(18)8-11-4-2-3-5-11/h4H,2-3,5-9H2,1H3,(H,15,16). The zero-order valence-electron chi connectivity index (χ0n) is 10.8. The van der Waals surface area contributed by atoms with Gasteiger partial charge in [0, 0.05) is 19.4 Å². The lowest BCUT2D eigenvalue weighted by molar-refractivity contribution is -0.131. The molecular weight excluding hydrogens is 226 g/mol. The van der Waals surface area contributed by atoms with Crippen LogP contribution in [-0.4, -0.2) is 27.3 Å². The molecule has 2 aliphatic rings. The molecule has 0 radical (unpaired) electrons. The fourth-order valence-corrected chi connectivity index (χ4v) is 2.85. The summed E-state index contributed by atoms with van der Waals surface area (Å²) in [7, 11) is 0. The van der Waals surface area contributed by atoms with E-state index in [0.717, 1.165) is 43.0 Å². The van der Waals surface area contributed by atoms with Crippen molar-refractivity contribution in [2.24, 2.45) is 0 Å². The van der Waals surface area contributed by atoms with Crippen LogP contribution >= 0.6 is 0 Å². The van der Waals surface area contributed by atoms with Gasteiger partial charge in [-0.1, -0.05) is 11.6 Å². The number of aromatic nitrogens is 2. The van der Waals surface area contributed by atoms with Crippen molar-refractivity contribution in [3.8, 4) is 0 Å². The number of nitrogens with zero attached hydrogens (tertiary/aromatic N) is 2. The summed E-state index contributed by atoms with van der Waals surface area (Å²) in [6.07, 6.45) is 7.19. The zero-order chi connectivity index (χ0) is 12.5. The fourth-order valence-electron chi connectivity index (χ4n) is 2.85. The summed E-state index contributed by atoms with van der Waals surface area (Å²) in [6.45, 7) is 3.47. The quantitative estimate of drug-likeness (QED) is 0.811. The van der Waals surface area contributed by atoms with Gasteiger partial charge in [-0.2, -0.15) is 0 Å². The Kier molecular flexibility index (Phi) is 2.94. The van der Waals surface area contributed by atoms with Crippen LogP contribution in [0.15, 0.2) is 11.6 Å². The van der Waals surface area contributed by atoms with Gasteiger partial charge >= 0.3 is 0 Å². The molecule has 0 bridgehead atoms. The molecule has 0 spiro atoms. The molecule has 1 aliphatic heterocycles. The van der Waals surface area contributed by atoms with Crippen molar-refractivity contribution in [2.75, 3.05) is 6.54 Å². The molecule has 1 aromatic heterocycles. The molecule has 0 aromatic carbocycles. The van der Waals surface area contributed by atoms with Crippen LogP contribution in [0.4, 0.5) is 0 Å². The van der Waals surface area contributed by atoms with Crippen molar-refractivity contribution in [2.45, 2.75) is 45.6 Å². The second-order valence-electron chi connectivity index (χ2n) is 5.24. The van der Waals surface area contributed by atoms with Gasteiger partial charge in [-0.25, -0.2) is 4.98 Å². The van der Waals surface area contributed by atoms with Gasteiger partial charge < -0.3 is 9.88 Å². The van der Waals surface area contributed by atoms with Gasteiger partial charge in [-0.3, -0.25) is 4.79 Å². The normalized spacial score (nSPS) is 18.7. The highest BCUT2D eigenvalue weighted by molar-refractivity contribution is 5.79. The van der Waals surface area contributed by atoms with Crippen molar-refractivity contribution < 1.29 is 4.79 Å². The minimum atomic E-state index is 0.265. The summed E-state index contributed by atoms with van der Waals surface area (Å²) in [5.74, 6) is 1.22. The summed E-state index contributed by atoms with van der Waals surface area (Å²) in [4.78, 5) is 21.9. The number of hydrogen-bond donors (Lipinski definition) is 1. The number of aromatic amines is 1. The number of H-pyrrole nitrogens is 1.